The van der Waals surface area contributed by atoms with Gasteiger partial charge in [-0.05, 0) is 53.7 Å². The first-order chi connectivity index (χ1) is 11.8. The van der Waals surface area contributed by atoms with Crippen LogP contribution in [-0.2, 0) is 16.0 Å². The normalized spacial score (nSPS) is 13.9. The Morgan fingerprint density at radius 1 is 1.08 bits per heavy atom. The van der Waals surface area contributed by atoms with E-state index >= 15 is 0 Å². The summed E-state index contributed by atoms with van der Waals surface area (Å²) in [5.74, 6) is -2.71. The Balaban J connectivity index is 2.51. The molecule has 0 unspecified atom stereocenters. The number of fused-ring (bicyclic) bond motifs is 1. The summed E-state index contributed by atoms with van der Waals surface area (Å²) in [6.45, 7) is 10.3. The van der Waals surface area contributed by atoms with Gasteiger partial charge in [-0.3, -0.25) is 0 Å². The molecule has 0 fully saturated rings. The zero-order valence-corrected chi connectivity index (χ0v) is 15.9. The first-order valence-electron chi connectivity index (χ1n) is 8.34. The number of benzene rings is 1. The minimum absolute atomic E-state index is 0.0801. The van der Waals surface area contributed by atoms with Gasteiger partial charge in [-0.25, -0.2) is 13.6 Å². The molecule has 1 aromatic heterocycles. The van der Waals surface area contributed by atoms with Crippen molar-refractivity contribution in [3.63, 3.8) is 0 Å². The van der Waals surface area contributed by atoms with Gasteiger partial charge >= 0.3 is 5.97 Å². The molecule has 0 saturated heterocycles. The molecule has 0 amide bonds. The van der Waals surface area contributed by atoms with Crippen molar-refractivity contribution in [1.29, 1.82) is 0 Å². The highest BCUT2D eigenvalue weighted by Gasteiger charge is 2.25. The molecular formula is C19H25F2NO4. The van der Waals surface area contributed by atoms with E-state index in [-0.39, 0.29) is 17.8 Å². The standard InChI is InChI=1S/C19H25F2NO4/c1-18(2,3)25-16(23)10-22-14-9-13(21)12(20)7-11(14)8-15(22)17(24)26-19(4,5)6/h7-9,16,23H,10H2,1-6H3/t16-/m0/s1. The lowest BCUT2D eigenvalue weighted by atomic mass is 10.2. The Bertz CT molecular complexity index is 816. The van der Waals surface area contributed by atoms with E-state index in [1.165, 1.54) is 10.6 Å². The maximum absolute atomic E-state index is 13.7. The van der Waals surface area contributed by atoms with Crippen molar-refractivity contribution in [2.45, 2.75) is 65.6 Å². The van der Waals surface area contributed by atoms with E-state index in [0.717, 1.165) is 12.1 Å². The molecule has 0 aliphatic heterocycles. The third-order valence-electron chi connectivity index (χ3n) is 3.38. The van der Waals surface area contributed by atoms with Gasteiger partial charge in [0.25, 0.3) is 0 Å². The SMILES string of the molecule is CC(C)(C)OC(=O)c1cc2cc(F)c(F)cc2n1C[C@@H](O)OC(C)(C)C. The monoisotopic (exact) mass is 369 g/mol. The highest BCUT2D eigenvalue weighted by Crippen LogP contribution is 2.26. The average Bonchev–Trinajstić information content (AvgIpc) is 2.73. The first-order valence-corrected chi connectivity index (χ1v) is 8.34. The summed E-state index contributed by atoms with van der Waals surface area (Å²) in [5.41, 5.74) is -1.01. The topological polar surface area (TPSA) is 60.7 Å². The fraction of sp³-hybridized carbons (Fsp3) is 0.526. The molecular weight excluding hydrogens is 344 g/mol. The summed E-state index contributed by atoms with van der Waals surface area (Å²) in [4.78, 5) is 12.5. The summed E-state index contributed by atoms with van der Waals surface area (Å²) in [5, 5.41) is 10.5. The van der Waals surface area contributed by atoms with Gasteiger partial charge in [0, 0.05) is 11.5 Å². The number of hydrogen-bond acceptors (Lipinski definition) is 4. The van der Waals surface area contributed by atoms with Crippen molar-refractivity contribution in [2.24, 2.45) is 0 Å². The van der Waals surface area contributed by atoms with E-state index in [0.29, 0.717) is 5.39 Å². The number of esters is 1. The summed E-state index contributed by atoms with van der Waals surface area (Å²) in [6, 6.07) is 3.41. The quantitative estimate of drug-likeness (QED) is 0.653. The number of halogens is 2. The minimum Gasteiger partial charge on any atom is -0.455 e. The number of ether oxygens (including phenoxy) is 2. The molecule has 1 atom stereocenters. The lowest BCUT2D eigenvalue weighted by Gasteiger charge is -2.25. The molecule has 2 aromatic rings. The number of aliphatic hydroxyl groups is 1. The van der Waals surface area contributed by atoms with Crippen molar-refractivity contribution in [3.8, 4) is 0 Å². The molecule has 144 valence electrons. The van der Waals surface area contributed by atoms with E-state index in [2.05, 4.69) is 0 Å². The third-order valence-corrected chi connectivity index (χ3v) is 3.38. The second-order valence-corrected chi connectivity index (χ2v) is 8.15. The Morgan fingerprint density at radius 2 is 1.65 bits per heavy atom. The van der Waals surface area contributed by atoms with Crippen LogP contribution in [0.25, 0.3) is 10.9 Å². The molecule has 2 rings (SSSR count). The van der Waals surface area contributed by atoms with Crippen molar-refractivity contribution < 1.29 is 28.2 Å². The van der Waals surface area contributed by atoms with Crippen molar-refractivity contribution >= 4 is 16.9 Å². The summed E-state index contributed by atoms with van der Waals surface area (Å²) in [6.07, 6.45) is -1.25. The zero-order chi connectivity index (χ0) is 19.9. The van der Waals surface area contributed by atoms with Crippen LogP contribution in [0.1, 0.15) is 52.0 Å². The van der Waals surface area contributed by atoms with Crippen LogP contribution in [0.2, 0.25) is 0 Å². The third kappa shape index (κ3) is 5.02. The lowest BCUT2D eigenvalue weighted by Crippen LogP contribution is -2.32. The van der Waals surface area contributed by atoms with Crippen LogP contribution in [0.3, 0.4) is 0 Å². The fourth-order valence-corrected chi connectivity index (χ4v) is 2.55. The van der Waals surface area contributed by atoms with Gasteiger partial charge in [-0.1, -0.05) is 0 Å². The highest BCUT2D eigenvalue weighted by molar-refractivity contribution is 5.96. The van der Waals surface area contributed by atoms with Gasteiger partial charge in [0.1, 0.15) is 11.3 Å². The van der Waals surface area contributed by atoms with Crippen molar-refractivity contribution in [2.75, 3.05) is 0 Å². The Labute approximate surface area is 151 Å². The maximum atomic E-state index is 13.7. The molecule has 1 N–H and O–H groups in total. The maximum Gasteiger partial charge on any atom is 0.355 e. The molecule has 0 spiro atoms. The lowest BCUT2D eigenvalue weighted by molar-refractivity contribution is -0.171. The first kappa shape index (κ1) is 20.3. The van der Waals surface area contributed by atoms with Gasteiger partial charge < -0.3 is 19.1 Å². The Morgan fingerprint density at radius 3 is 2.19 bits per heavy atom. The molecule has 1 aromatic carbocycles. The number of rotatable bonds is 4. The predicted octanol–water partition coefficient (Wildman–Crippen LogP) is 4.01. The molecule has 0 bridgehead atoms. The van der Waals surface area contributed by atoms with Gasteiger partial charge in [0.05, 0.1) is 17.7 Å². The van der Waals surface area contributed by atoms with E-state index in [9.17, 15) is 18.7 Å². The van der Waals surface area contributed by atoms with Crippen LogP contribution in [0, 0.1) is 11.6 Å². The van der Waals surface area contributed by atoms with E-state index < -0.39 is 35.1 Å². The Kier molecular flexibility index (Phi) is 5.44. The number of hydrogen-bond donors (Lipinski definition) is 1. The number of nitrogens with zero attached hydrogens (tertiary/aromatic N) is 1. The van der Waals surface area contributed by atoms with Gasteiger partial charge in [0.2, 0.25) is 0 Å². The fourth-order valence-electron chi connectivity index (χ4n) is 2.55. The molecule has 7 heteroatoms. The molecule has 0 aliphatic carbocycles. The summed E-state index contributed by atoms with van der Waals surface area (Å²) < 4.78 is 39.5. The summed E-state index contributed by atoms with van der Waals surface area (Å²) in [7, 11) is 0. The number of aromatic nitrogens is 1. The number of aliphatic hydroxyl groups excluding tert-OH is 1. The molecule has 0 saturated carbocycles. The van der Waals surface area contributed by atoms with Crippen LogP contribution >= 0.6 is 0 Å². The van der Waals surface area contributed by atoms with Crippen LogP contribution < -0.4 is 0 Å². The van der Waals surface area contributed by atoms with E-state index in [1.54, 1.807) is 41.5 Å². The van der Waals surface area contributed by atoms with Gasteiger partial charge in [0.15, 0.2) is 17.9 Å². The molecule has 26 heavy (non-hydrogen) atoms. The zero-order valence-electron chi connectivity index (χ0n) is 15.9. The van der Waals surface area contributed by atoms with Gasteiger partial charge in [-0.2, -0.15) is 0 Å². The minimum atomic E-state index is -1.25. The largest absolute Gasteiger partial charge is 0.455 e. The highest BCUT2D eigenvalue weighted by atomic mass is 19.2. The van der Waals surface area contributed by atoms with E-state index in [4.69, 9.17) is 9.47 Å². The number of carbonyl (C=O) groups excluding carboxylic acids is 1. The van der Waals surface area contributed by atoms with Crippen LogP contribution in [0.4, 0.5) is 8.78 Å². The smallest absolute Gasteiger partial charge is 0.355 e. The molecule has 5 nitrogen and oxygen atoms in total. The molecule has 0 aliphatic rings. The van der Waals surface area contributed by atoms with Crippen LogP contribution in [0.5, 0.6) is 0 Å². The van der Waals surface area contributed by atoms with Crippen LogP contribution in [-0.4, -0.2) is 33.1 Å². The van der Waals surface area contributed by atoms with Crippen LogP contribution in [0.15, 0.2) is 18.2 Å². The second kappa shape index (κ2) is 6.96. The number of carbonyl (C=O) groups is 1. The predicted molar refractivity (Wildman–Crippen MR) is 93.9 cm³/mol. The summed E-state index contributed by atoms with van der Waals surface area (Å²) >= 11 is 0. The van der Waals surface area contributed by atoms with Crippen molar-refractivity contribution in [3.05, 3.63) is 35.5 Å². The molecule has 1 heterocycles. The van der Waals surface area contributed by atoms with Gasteiger partial charge in [-0.15, -0.1) is 0 Å². The second-order valence-electron chi connectivity index (χ2n) is 8.15. The van der Waals surface area contributed by atoms with Crippen molar-refractivity contribution in [1.82, 2.24) is 4.57 Å². The average molecular weight is 369 g/mol. The van der Waals surface area contributed by atoms with E-state index in [1.807, 2.05) is 0 Å². The Hall–Kier alpha value is -1.99. The molecule has 0 radical (unpaired) electrons.